The highest BCUT2D eigenvalue weighted by molar-refractivity contribution is 7.12. The molecule has 1 aromatic carbocycles. The van der Waals surface area contributed by atoms with E-state index in [0.717, 1.165) is 27.9 Å². The number of benzene rings is 1. The molecule has 0 aliphatic rings. The topological polar surface area (TPSA) is 69.1 Å². The zero-order chi connectivity index (χ0) is 15.1. The van der Waals surface area contributed by atoms with E-state index in [1.807, 2.05) is 24.4 Å². The van der Waals surface area contributed by atoms with Crippen molar-refractivity contribution in [1.29, 1.82) is 0 Å². The van der Waals surface area contributed by atoms with E-state index in [2.05, 4.69) is 26.8 Å². The van der Waals surface area contributed by atoms with Gasteiger partial charge in [0, 0.05) is 11.3 Å². The summed E-state index contributed by atoms with van der Waals surface area (Å²) in [6.07, 6.45) is 0. The lowest BCUT2D eigenvalue weighted by atomic mass is 9.83. The summed E-state index contributed by atoms with van der Waals surface area (Å²) in [5.41, 5.74) is 16.3. The van der Waals surface area contributed by atoms with Gasteiger partial charge >= 0.3 is 0 Å². The fourth-order valence-electron chi connectivity index (χ4n) is 2.16. The molecule has 106 valence electrons. The van der Waals surface area contributed by atoms with Gasteiger partial charge < -0.3 is 11.5 Å². The Kier molecular flexibility index (Phi) is 3.61. The zero-order valence-corrected chi connectivity index (χ0v) is 13.1. The van der Waals surface area contributed by atoms with Crippen LogP contribution in [0.1, 0.15) is 41.6 Å². The summed E-state index contributed by atoms with van der Waals surface area (Å²) in [5, 5.41) is 1.88. The number of primary amides is 1. The lowest BCUT2D eigenvalue weighted by molar-refractivity contribution is 0.100. The Morgan fingerprint density at radius 3 is 2.40 bits per heavy atom. The van der Waals surface area contributed by atoms with Gasteiger partial charge in [0.05, 0.1) is 4.88 Å². The molecule has 2 aromatic rings. The first-order valence-corrected chi connectivity index (χ1v) is 7.38. The van der Waals surface area contributed by atoms with Crippen LogP contribution in [0.25, 0.3) is 11.1 Å². The van der Waals surface area contributed by atoms with Crippen molar-refractivity contribution in [2.24, 2.45) is 5.73 Å². The number of nitrogens with two attached hydrogens (primary N) is 2. The molecule has 3 nitrogen and oxygen atoms in total. The third-order valence-electron chi connectivity index (χ3n) is 3.49. The quantitative estimate of drug-likeness (QED) is 0.827. The van der Waals surface area contributed by atoms with E-state index < -0.39 is 5.91 Å². The van der Waals surface area contributed by atoms with Crippen LogP contribution >= 0.6 is 11.3 Å². The molecule has 1 aromatic heterocycles. The maximum atomic E-state index is 11.5. The van der Waals surface area contributed by atoms with Gasteiger partial charge in [-0.05, 0) is 46.5 Å². The second-order valence-corrected chi connectivity index (χ2v) is 6.93. The van der Waals surface area contributed by atoms with Crippen molar-refractivity contribution >= 4 is 22.9 Å². The summed E-state index contributed by atoms with van der Waals surface area (Å²) in [4.78, 5) is 12.1. The number of anilines is 1. The van der Waals surface area contributed by atoms with Crippen molar-refractivity contribution in [3.8, 4) is 11.1 Å². The standard InChI is InChI=1S/C16H20N2OS/c1-9-12(11-5-6-20-14(11)15(18)19)7-10(8-13(9)17)16(2,3)4/h5-8H,17H2,1-4H3,(H2,18,19). The number of amides is 1. The molecule has 4 N–H and O–H groups in total. The van der Waals surface area contributed by atoms with E-state index >= 15 is 0 Å². The van der Waals surface area contributed by atoms with Crippen molar-refractivity contribution in [3.05, 3.63) is 39.6 Å². The van der Waals surface area contributed by atoms with Gasteiger partial charge in [-0.15, -0.1) is 11.3 Å². The van der Waals surface area contributed by atoms with E-state index in [-0.39, 0.29) is 5.41 Å². The van der Waals surface area contributed by atoms with Crippen molar-refractivity contribution < 1.29 is 4.79 Å². The molecule has 0 radical (unpaired) electrons. The minimum atomic E-state index is -0.394. The highest BCUT2D eigenvalue weighted by Crippen LogP contribution is 2.36. The van der Waals surface area contributed by atoms with Crippen LogP contribution in [0.3, 0.4) is 0 Å². The Morgan fingerprint density at radius 2 is 1.85 bits per heavy atom. The van der Waals surface area contributed by atoms with Crippen molar-refractivity contribution in [2.45, 2.75) is 33.1 Å². The largest absolute Gasteiger partial charge is 0.398 e. The molecule has 0 aliphatic heterocycles. The predicted octanol–water partition coefficient (Wildman–Crippen LogP) is 3.70. The zero-order valence-electron chi connectivity index (χ0n) is 12.3. The number of thiophene rings is 1. The number of hydrogen-bond acceptors (Lipinski definition) is 3. The molecule has 1 amide bonds. The Bertz CT molecular complexity index is 666. The maximum Gasteiger partial charge on any atom is 0.259 e. The summed E-state index contributed by atoms with van der Waals surface area (Å²) in [7, 11) is 0. The Labute approximate surface area is 123 Å². The van der Waals surface area contributed by atoms with E-state index in [1.54, 1.807) is 0 Å². The fourth-order valence-corrected chi connectivity index (χ4v) is 2.92. The van der Waals surface area contributed by atoms with Crippen LogP contribution in [0, 0.1) is 6.92 Å². The molecular formula is C16H20N2OS. The number of nitrogen functional groups attached to an aromatic ring is 1. The highest BCUT2D eigenvalue weighted by atomic mass is 32.1. The van der Waals surface area contributed by atoms with Gasteiger partial charge in [0.25, 0.3) is 5.91 Å². The third-order valence-corrected chi connectivity index (χ3v) is 4.42. The van der Waals surface area contributed by atoms with Crippen LogP contribution in [-0.2, 0) is 5.41 Å². The van der Waals surface area contributed by atoms with Crippen LogP contribution in [0.2, 0.25) is 0 Å². The second kappa shape index (κ2) is 4.94. The number of rotatable bonds is 2. The van der Waals surface area contributed by atoms with Gasteiger partial charge in [0.2, 0.25) is 0 Å². The van der Waals surface area contributed by atoms with E-state index in [1.165, 1.54) is 11.3 Å². The van der Waals surface area contributed by atoms with Gasteiger partial charge in [0.1, 0.15) is 0 Å². The fraction of sp³-hybridized carbons (Fsp3) is 0.312. The van der Waals surface area contributed by atoms with Gasteiger partial charge in [-0.3, -0.25) is 4.79 Å². The first-order valence-electron chi connectivity index (χ1n) is 6.50. The molecule has 0 atom stereocenters. The number of carbonyl (C=O) groups excluding carboxylic acids is 1. The maximum absolute atomic E-state index is 11.5. The number of hydrogen-bond donors (Lipinski definition) is 2. The normalized spacial score (nSPS) is 11.6. The lowest BCUT2D eigenvalue weighted by Gasteiger charge is -2.22. The molecule has 20 heavy (non-hydrogen) atoms. The summed E-state index contributed by atoms with van der Waals surface area (Å²) in [6.45, 7) is 8.40. The Balaban J connectivity index is 2.70. The molecule has 0 fully saturated rings. The summed E-state index contributed by atoms with van der Waals surface area (Å²) < 4.78 is 0. The minimum absolute atomic E-state index is 0.000518. The Morgan fingerprint density at radius 1 is 1.20 bits per heavy atom. The monoisotopic (exact) mass is 288 g/mol. The van der Waals surface area contributed by atoms with Gasteiger partial charge in [-0.1, -0.05) is 26.8 Å². The van der Waals surface area contributed by atoms with E-state index in [9.17, 15) is 4.79 Å². The molecule has 1 heterocycles. The van der Waals surface area contributed by atoms with Crippen molar-refractivity contribution in [2.75, 3.05) is 5.73 Å². The van der Waals surface area contributed by atoms with Crippen molar-refractivity contribution in [3.63, 3.8) is 0 Å². The van der Waals surface area contributed by atoms with Crippen LogP contribution in [0.15, 0.2) is 23.6 Å². The smallest absolute Gasteiger partial charge is 0.259 e. The predicted molar refractivity (Wildman–Crippen MR) is 86.1 cm³/mol. The van der Waals surface area contributed by atoms with Crippen LogP contribution in [-0.4, -0.2) is 5.91 Å². The molecule has 0 saturated heterocycles. The third kappa shape index (κ3) is 2.56. The van der Waals surface area contributed by atoms with Gasteiger partial charge in [-0.2, -0.15) is 0 Å². The molecule has 0 saturated carbocycles. The molecule has 0 aliphatic carbocycles. The first-order chi connectivity index (χ1) is 9.21. The summed E-state index contributed by atoms with van der Waals surface area (Å²) in [6, 6.07) is 6.05. The molecular weight excluding hydrogens is 268 g/mol. The van der Waals surface area contributed by atoms with Gasteiger partial charge in [0.15, 0.2) is 0 Å². The molecule has 0 spiro atoms. The molecule has 4 heteroatoms. The lowest BCUT2D eigenvalue weighted by Crippen LogP contribution is -2.13. The first kappa shape index (κ1) is 14.6. The van der Waals surface area contributed by atoms with Gasteiger partial charge in [-0.25, -0.2) is 0 Å². The van der Waals surface area contributed by atoms with Crippen LogP contribution in [0.5, 0.6) is 0 Å². The van der Waals surface area contributed by atoms with E-state index in [4.69, 9.17) is 11.5 Å². The van der Waals surface area contributed by atoms with Crippen LogP contribution in [0.4, 0.5) is 5.69 Å². The summed E-state index contributed by atoms with van der Waals surface area (Å²) >= 11 is 1.37. The van der Waals surface area contributed by atoms with Crippen molar-refractivity contribution in [1.82, 2.24) is 0 Å². The van der Waals surface area contributed by atoms with E-state index in [0.29, 0.717) is 4.88 Å². The average molecular weight is 288 g/mol. The minimum Gasteiger partial charge on any atom is -0.398 e. The molecule has 0 unspecified atom stereocenters. The SMILES string of the molecule is Cc1c(N)cc(C(C)(C)C)cc1-c1ccsc1C(N)=O. The summed E-state index contributed by atoms with van der Waals surface area (Å²) in [5.74, 6) is -0.394. The second-order valence-electron chi connectivity index (χ2n) is 6.02. The average Bonchev–Trinajstić information content (AvgIpc) is 2.80. The molecule has 2 rings (SSSR count). The Hall–Kier alpha value is -1.81. The number of carbonyl (C=O) groups is 1. The molecule has 0 bridgehead atoms. The highest BCUT2D eigenvalue weighted by Gasteiger charge is 2.20. The van der Waals surface area contributed by atoms with Crippen LogP contribution < -0.4 is 11.5 Å².